The first kappa shape index (κ1) is 17.7. The molecule has 5 nitrogen and oxygen atoms in total. The molecule has 0 aliphatic heterocycles. The van der Waals surface area contributed by atoms with E-state index in [2.05, 4.69) is 12.2 Å². The van der Waals surface area contributed by atoms with Gasteiger partial charge < -0.3 is 14.5 Å². The predicted octanol–water partition coefficient (Wildman–Crippen LogP) is 3.99. The Morgan fingerprint density at radius 3 is 2.54 bits per heavy atom. The SMILES string of the molecule is CCc1ccc(NC(=O)COc2ccc3c(C)cc(=O)oc3c2C)cc1. The third kappa shape index (κ3) is 3.77. The minimum absolute atomic E-state index is 0.127. The summed E-state index contributed by atoms with van der Waals surface area (Å²) in [6.45, 7) is 5.62. The van der Waals surface area contributed by atoms with Crippen LogP contribution in [0.4, 0.5) is 5.69 Å². The van der Waals surface area contributed by atoms with Gasteiger partial charge in [0, 0.05) is 22.7 Å². The number of hydrogen-bond donors (Lipinski definition) is 1. The Bertz CT molecular complexity index is 1000. The van der Waals surface area contributed by atoms with Gasteiger partial charge in [0.15, 0.2) is 6.61 Å². The van der Waals surface area contributed by atoms with Crippen molar-refractivity contribution < 1.29 is 13.9 Å². The molecule has 0 aliphatic carbocycles. The highest BCUT2D eigenvalue weighted by Gasteiger charge is 2.11. The molecule has 2 aromatic carbocycles. The zero-order valence-corrected chi connectivity index (χ0v) is 15.1. The summed E-state index contributed by atoms with van der Waals surface area (Å²) in [4.78, 5) is 23.7. The average Bonchev–Trinajstić information content (AvgIpc) is 2.62. The number of rotatable bonds is 5. The number of carbonyl (C=O) groups is 1. The number of fused-ring (bicyclic) bond motifs is 1. The van der Waals surface area contributed by atoms with Gasteiger partial charge in [-0.05, 0) is 55.7 Å². The Labute approximate surface area is 151 Å². The lowest BCUT2D eigenvalue weighted by molar-refractivity contribution is -0.118. The van der Waals surface area contributed by atoms with Gasteiger partial charge >= 0.3 is 5.63 Å². The van der Waals surface area contributed by atoms with E-state index < -0.39 is 5.63 Å². The number of ether oxygens (including phenoxy) is 1. The maximum absolute atomic E-state index is 12.1. The van der Waals surface area contributed by atoms with Crippen LogP contribution in [0.3, 0.4) is 0 Å². The van der Waals surface area contributed by atoms with E-state index in [9.17, 15) is 9.59 Å². The molecule has 0 unspecified atom stereocenters. The van der Waals surface area contributed by atoms with E-state index in [1.807, 2.05) is 37.3 Å². The Morgan fingerprint density at radius 1 is 1.12 bits per heavy atom. The molecule has 1 amide bonds. The highest BCUT2D eigenvalue weighted by Crippen LogP contribution is 2.28. The largest absolute Gasteiger partial charge is 0.483 e. The van der Waals surface area contributed by atoms with E-state index in [4.69, 9.17) is 9.15 Å². The van der Waals surface area contributed by atoms with Crippen molar-refractivity contribution in [2.45, 2.75) is 27.2 Å². The van der Waals surface area contributed by atoms with E-state index in [-0.39, 0.29) is 12.5 Å². The number of anilines is 1. The highest BCUT2D eigenvalue weighted by molar-refractivity contribution is 5.92. The number of benzene rings is 2. The van der Waals surface area contributed by atoms with Crippen molar-refractivity contribution in [3.63, 3.8) is 0 Å². The van der Waals surface area contributed by atoms with E-state index in [1.54, 1.807) is 13.0 Å². The molecule has 26 heavy (non-hydrogen) atoms. The van der Waals surface area contributed by atoms with Gasteiger partial charge in [0.25, 0.3) is 5.91 Å². The molecule has 0 bridgehead atoms. The summed E-state index contributed by atoms with van der Waals surface area (Å²) in [5, 5.41) is 3.66. The molecule has 134 valence electrons. The average molecular weight is 351 g/mol. The van der Waals surface area contributed by atoms with E-state index in [0.29, 0.717) is 16.9 Å². The van der Waals surface area contributed by atoms with Crippen LogP contribution in [0, 0.1) is 13.8 Å². The molecule has 3 rings (SSSR count). The maximum Gasteiger partial charge on any atom is 0.336 e. The quantitative estimate of drug-likeness (QED) is 0.706. The smallest absolute Gasteiger partial charge is 0.336 e. The number of nitrogens with one attached hydrogen (secondary N) is 1. The molecule has 0 radical (unpaired) electrons. The normalized spacial score (nSPS) is 10.7. The van der Waals surface area contributed by atoms with Gasteiger partial charge in [0.05, 0.1) is 0 Å². The van der Waals surface area contributed by atoms with Crippen LogP contribution in [-0.2, 0) is 11.2 Å². The monoisotopic (exact) mass is 351 g/mol. The summed E-state index contributed by atoms with van der Waals surface area (Å²) in [5.41, 5.74) is 3.57. The minimum Gasteiger partial charge on any atom is -0.483 e. The Hall–Kier alpha value is -3.08. The van der Waals surface area contributed by atoms with Crippen LogP contribution in [0.15, 0.2) is 51.7 Å². The van der Waals surface area contributed by atoms with Crippen LogP contribution in [0.1, 0.15) is 23.6 Å². The second-order valence-electron chi connectivity index (χ2n) is 6.20. The third-order valence-corrected chi connectivity index (χ3v) is 4.32. The van der Waals surface area contributed by atoms with Gasteiger partial charge in [0.1, 0.15) is 11.3 Å². The Morgan fingerprint density at radius 2 is 1.85 bits per heavy atom. The molecule has 0 aliphatic rings. The fourth-order valence-electron chi connectivity index (χ4n) is 2.82. The van der Waals surface area contributed by atoms with Gasteiger partial charge in [-0.25, -0.2) is 4.79 Å². The summed E-state index contributed by atoms with van der Waals surface area (Å²) in [5.74, 6) is 0.266. The van der Waals surface area contributed by atoms with Gasteiger partial charge in [0.2, 0.25) is 0 Å². The number of amides is 1. The molecular weight excluding hydrogens is 330 g/mol. The summed E-state index contributed by atoms with van der Waals surface area (Å²) < 4.78 is 10.9. The molecule has 1 N–H and O–H groups in total. The van der Waals surface area contributed by atoms with Crippen molar-refractivity contribution in [2.75, 3.05) is 11.9 Å². The van der Waals surface area contributed by atoms with Crippen LogP contribution >= 0.6 is 0 Å². The van der Waals surface area contributed by atoms with Crippen molar-refractivity contribution in [1.82, 2.24) is 0 Å². The second-order valence-corrected chi connectivity index (χ2v) is 6.20. The highest BCUT2D eigenvalue weighted by atomic mass is 16.5. The first-order valence-corrected chi connectivity index (χ1v) is 8.53. The zero-order valence-electron chi connectivity index (χ0n) is 15.1. The Kier molecular flexibility index (Phi) is 5.07. The standard InChI is InChI=1S/C21H21NO4/c1-4-15-5-7-16(8-6-15)22-19(23)12-25-18-10-9-17-13(2)11-20(24)26-21(17)14(18)3/h5-11H,4,12H2,1-3H3,(H,22,23). The molecule has 0 spiro atoms. The summed E-state index contributed by atoms with van der Waals surface area (Å²) in [7, 11) is 0. The van der Waals surface area contributed by atoms with Gasteiger partial charge in [-0.2, -0.15) is 0 Å². The fourth-order valence-corrected chi connectivity index (χ4v) is 2.82. The van der Waals surface area contributed by atoms with Crippen LogP contribution in [0.25, 0.3) is 11.0 Å². The number of aryl methyl sites for hydroxylation is 3. The van der Waals surface area contributed by atoms with Gasteiger partial charge in [-0.3, -0.25) is 4.79 Å². The zero-order chi connectivity index (χ0) is 18.7. The molecule has 5 heteroatoms. The van der Waals surface area contributed by atoms with Crippen molar-refractivity contribution in [3.05, 3.63) is 69.6 Å². The van der Waals surface area contributed by atoms with E-state index >= 15 is 0 Å². The lowest BCUT2D eigenvalue weighted by Gasteiger charge is -2.11. The number of carbonyl (C=O) groups excluding carboxylic acids is 1. The first-order chi connectivity index (χ1) is 12.5. The molecule has 1 aromatic heterocycles. The van der Waals surface area contributed by atoms with E-state index in [0.717, 1.165) is 23.1 Å². The van der Waals surface area contributed by atoms with Crippen molar-refractivity contribution in [2.24, 2.45) is 0 Å². The van der Waals surface area contributed by atoms with Crippen LogP contribution in [0.5, 0.6) is 5.75 Å². The topological polar surface area (TPSA) is 68.5 Å². The second kappa shape index (κ2) is 7.44. The molecule has 0 saturated carbocycles. The molecule has 0 atom stereocenters. The van der Waals surface area contributed by atoms with Crippen molar-refractivity contribution in [3.8, 4) is 5.75 Å². The van der Waals surface area contributed by atoms with Crippen molar-refractivity contribution in [1.29, 1.82) is 0 Å². The van der Waals surface area contributed by atoms with Gasteiger partial charge in [-0.1, -0.05) is 19.1 Å². The maximum atomic E-state index is 12.1. The Balaban J connectivity index is 1.71. The summed E-state index contributed by atoms with van der Waals surface area (Å²) in [6, 6.07) is 12.8. The molecule has 3 aromatic rings. The van der Waals surface area contributed by atoms with Crippen molar-refractivity contribution >= 4 is 22.6 Å². The summed E-state index contributed by atoms with van der Waals surface area (Å²) in [6.07, 6.45) is 0.953. The van der Waals surface area contributed by atoms with Gasteiger partial charge in [-0.15, -0.1) is 0 Å². The van der Waals surface area contributed by atoms with Crippen LogP contribution in [-0.4, -0.2) is 12.5 Å². The number of hydrogen-bond acceptors (Lipinski definition) is 4. The van der Waals surface area contributed by atoms with Crippen LogP contribution in [0.2, 0.25) is 0 Å². The molecule has 1 heterocycles. The lowest BCUT2D eigenvalue weighted by atomic mass is 10.1. The van der Waals surface area contributed by atoms with Crippen LogP contribution < -0.4 is 15.7 Å². The minimum atomic E-state index is -0.400. The van der Waals surface area contributed by atoms with E-state index in [1.165, 1.54) is 11.6 Å². The summed E-state index contributed by atoms with van der Waals surface area (Å²) >= 11 is 0. The molecular formula is C21H21NO4. The fraction of sp³-hybridized carbons (Fsp3) is 0.238. The first-order valence-electron chi connectivity index (χ1n) is 8.53. The molecule has 0 fully saturated rings. The lowest BCUT2D eigenvalue weighted by Crippen LogP contribution is -2.20. The molecule has 0 saturated heterocycles. The predicted molar refractivity (Wildman–Crippen MR) is 102 cm³/mol. The third-order valence-electron chi connectivity index (χ3n) is 4.32.